The average Bonchev–Trinajstić information content (AvgIpc) is 3.33. The number of carbonyl (C=O) groups is 1. The minimum Gasteiger partial charge on any atom is -0.488 e. The highest BCUT2D eigenvalue weighted by Gasteiger charge is 2.38. The lowest BCUT2D eigenvalue weighted by Crippen LogP contribution is -2.17. The van der Waals surface area contributed by atoms with Gasteiger partial charge in [0.25, 0.3) is 0 Å². The number of esters is 1. The summed E-state index contributed by atoms with van der Waals surface area (Å²) in [7, 11) is 0. The number of hydrogen-bond donors (Lipinski definition) is 0. The Balaban J connectivity index is 1.76. The van der Waals surface area contributed by atoms with Crippen LogP contribution in [0.25, 0.3) is 11.1 Å². The lowest BCUT2D eigenvalue weighted by atomic mass is 9.95. The van der Waals surface area contributed by atoms with Crippen molar-refractivity contribution in [2.24, 2.45) is 0 Å². The van der Waals surface area contributed by atoms with E-state index in [2.05, 4.69) is 4.98 Å². The maximum Gasteiger partial charge on any atom is 0.434 e. The quantitative estimate of drug-likeness (QED) is 0.333. The van der Waals surface area contributed by atoms with E-state index < -0.39 is 23.4 Å². The molecule has 0 saturated carbocycles. The normalized spacial score (nSPS) is 13.7. The number of allylic oxidation sites excluding steroid dienone is 2. The molecule has 0 radical (unpaired) electrons. The van der Waals surface area contributed by atoms with E-state index in [4.69, 9.17) is 9.47 Å². The van der Waals surface area contributed by atoms with Crippen LogP contribution in [-0.4, -0.2) is 17.6 Å². The van der Waals surface area contributed by atoms with E-state index in [0.717, 1.165) is 40.7 Å². The molecule has 0 N–H and O–H groups in total. The summed E-state index contributed by atoms with van der Waals surface area (Å²) in [4.78, 5) is 16.0. The molecule has 7 heteroatoms. The molecule has 0 bridgehead atoms. The van der Waals surface area contributed by atoms with E-state index in [0.29, 0.717) is 24.3 Å². The molecule has 35 heavy (non-hydrogen) atoms. The number of ether oxygens (including phenoxy) is 2. The van der Waals surface area contributed by atoms with Gasteiger partial charge >= 0.3 is 12.1 Å². The number of rotatable bonds is 7. The predicted octanol–water partition coefficient (Wildman–Crippen LogP) is 7.26. The van der Waals surface area contributed by atoms with Gasteiger partial charge in [-0.15, -0.1) is 0 Å². The molecule has 0 unspecified atom stereocenters. The zero-order valence-electron chi connectivity index (χ0n) is 19.6. The van der Waals surface area contributed by atoms with Crippen molar-refractivity contribution >= 4 is 17.1 Å². The Bertz CT molecular complexity index is 1250. The van der Waals surface area contributed by atoms with Gasteiger partial charge in [-0.3, -0.25) is 4.98 Å². The monoisotopic (exact) mass is 481 g/mol. The van der Waals surface area contributed by atoms with Crippen LogP contribution < -0.4 is 4.74 Å². The molecule has 182 valence electrons. The first kappa shape index (κ1) is 24.5. The Morgan fingerprint density at radius 1 is 1.03 bits per heavy atom. The van der Waals surface area contributed by atoms with Crippen LogP contribution in [-0.2, 0) is 17.5 Å². The number of hydrogen-bond acceptors (Lipinski definition) is 4. The standard InChI is InChI=1S/C28H26F3NO3/c1-3-34-27(33)24-15-20(16-32-26(24)28(29,30)31)21-10-7-11-22(21)23-14-18(2)12-13-25(23)35-17-19-8-5-4-6-9-19/h4-6,8-9,12-16H,3,7,10-11,17H2,1-2H3. The maximum atomic E-state index is 13.5. The van der Waals surface area contributed by atoms with Crippen molar-refractivity contribution in [3.8, 4) is 5.75 Å². The minimum absolute atomic E-state index is 0.0281. The summed E-state index contributed by atoms with van der Waals surface area (Å²) in [6.45, 7) is 3.90. The second kappa shape index (κ2) is 10.3. The molecule has 1 heterocycles. The summed E-state index contributed by atoms with van der Waals surface area (Å²) in [5, 5.41) is 0. The van der Waals surface area contributed by atoms with Gasteiger partial charge in [-0.1, -0.05) is 42.0 Å². The topological polar surface area (TPSA) is 48.4 Å². The molecule has 0 amide bonds. The number of aromatic nitrogens is 1. The van der Waals surface area contributed by atoms with Crippen molar-refractivity contribution in [1.82, 2.24) is 4.98 Å². The summed E-state index contributed by atoms with van der Waals surface area (Å²) in [5.74, 6) is -0.323. The van der Waals surface area contributed by atoms with Crippen LogP contribution in [0.1, 0.15) is 64.5 Å². The molecule has 1 aliphatic rings. The highest BCUT2D eigenvalue weighted by atomic mass is 19.4. The fourth-order valence-electron chi connectivity index (χ4n) is 4.32. The molecule has 4 nitrogen and oxygen atoms in total. The SMILES string of the molecule is CCOC(=O)c1cc(C2=C(c3cc(C)ccc3OCc3ccccc3)CCC2)cnc1C(F)(F)F. The number of benzene rings is 2. The van der Waals surface area contributed by atoms with E-state index >= 15 is 0 Å². The number of halogens is 3. The van der Waals surface area contributed by atoms with Crippen molar-refractivity contribution in [3.05, 3.63) is 94.3 Å². The van der Waals surface area contributed by atoms with Gasteiger partial charge in [-0.05, 0) is 73.6 Å². The predicted molar refractivity (Wildman–Crippen MR) is 128 cm³/mol. The Hall–Kier alpha value is -3.61. The summed E-state index contributed by atoms with van der Waals surface area (Å²) >= 11 is 0. The third-order valence-electron chi connectivity index (χ3n) is 5.92. The molecule has 0 aliphatic heterocycles. The molecule has 0 atom stereocenters. The van der Waals surface area contributed by atoms with E-state index in [1.54, 1.807) is 6.92 Å². The number of carbonyl (C=O) groups excluding carboxylic acids is 1. The Morgan fingerprint density at radius 3 is 2.49 bits per heavy atom. The maximum absolute atomic E-state index is 13.5. The van der Waals surface area contributed by atoms with Crippen molar-refractivity contribution in [1.29, 1.82) is 0 Å². The van der Waals surface area contributed by atoms with Crippen LogP contribution in [0.3, 0.4) is 0 Å². The van der Waals surface area contributed by atoms with Crippen LogP contribution in [0.15, 0.2) is 60.8 Å². The van der Waals surface area contributed by atoms with E-state index in [9.17, 15) is 18.0 Å². The fraction of sp³-hybridized carbons (Fsp3) is 0.286. The van der Waals surface area contributed by atoms with E-state index in [1.807, 2.05) is 55.5 Å². The smallest absolute Gasteiger partial charge is 0.434 e. The Labute approximate surface area is 202 Å². The molecule has 4 rings (SSSR count). The Kier molecular flexibility index (Phi) is 7.24. The zero-order chi connectivity index (χ0) is 25.0. The molecule has 3 aromatic rings. The van der Waals surface area contributed by atoms with Gasteiger partial charge < -0.3 is 9.47 Å². The second-order valence-electron chi connectivity index (χ2n) is 8.42. The largest absolute Gasteiger partial charge is 0.488 e. The highest BCUT2D eigenvalue weighted by molar-refractivity contribution is 5.97. The fourth-order valence-corrected chi connectivity index (χ4v) is 4.32. The first-order valence-electron chi connectivity index (χ1n) is 11.5. The van der Waals surface area contributed by atoms with Crippen LogP contribution in [0, 0.1) is 6.92 Å². The van der Waals surface area contributed by atoms with Gasteiger partial charge in [0.1, 0.15) is 12.4 Å². The Morgan fingerprint density at radius 2 is 1.77 bits per heavy atom. The molecule has 2 aromatic carbocycles. The minimum atomic E-state index is -4.76. The summed E-state index contributed by atoms with van der Waals surface area (Å²) in [6.07, 6.45) is -1.31. The van der Waals surface area contributed by atoms with Crippen LogP contribution in [0.4, 0.5) is 13.2 Å². The lowest BCUT2D eigenvalue weighted by Gasteiger charge is -2.17. The van der Waals surface area contributed by atoms with Crippen molar-refractivity contribution < 1.29 is 27.4 Å². The van der Waals surface area contributed by atoms with Crippen LogP contribution in [0.2, 0.25) is 0 Å². The van der Waals surface area contributed by atoms with Gasteiger partial charge in [0.2, 0.25) is 0 Å². The third-order valence-corrected chi connectivity index (χ3v) is 5.92. The molecule has 0 spiro atoms. The second-order valence-corrected chi connectivity index (χ2v) is 8.42. The first-order valence-corrected chi connectivity index (χ1v) is 11.5. The summed E-state index contributed by atoms with van der Waals surface area (Å²) < 4.78 is 51.6. The van der Waals surface area contributed by atoms with Crippen molar-refractivity contribution in [2.75, 3.05) is 6.61 Å². The van der Waals surface area contributed by atoms with Crippen LogP contribution >= 0.6 is 0 Å². The van der Waals surface area contributed by atoms with Crippen molar-refractivity contribution in [2.45, 2.75) is 45.9 Å². The number of alkyl halides is 3. The van der Waals surface area contributed by atoms with Crippen molar-refractivity contribution in [3.63, 3.8) is 0 Å². The van der Waals surface area contributed by atoms with Gasteiger partial charge in [0.15, 0.2) is 5.69 Å². The lowest BCUT2D eigenvalue weighted by molar-refractivity contribution is -0.141. The van der Waals surface area contributed by atoms with Gasteiger partial charge in [0, 0.05) is 11.8 Å². The molecular weight excluding hydrogens is 455 g/mol. The molecule has 0 fully saturated rings. The third kappa shape index (κ3) is 5.56. The first-order chi connectivity index (χ1) is 16.8. The van der Waals surface area contributed by atoms with Crippen LogP contribution in [0.5, 0.6) is 5.75 Å². The van der Waals surface area contributed by atoms with Gasteiger partial charge in [-0.2, -0.15) is 13.2 Å². The number of pyridine rings is 1. The van der Waals surface area contributed by atoms with Gasteiger partial charge in [-0.25, -0.2) is 4.79 Å². The zero-order valence-corrected chi connectivity index (χ0v) is 19.6. The van der Waals surface area contributed by atoms with Gasteiger partial charge in [0.05, 0.1) is 12.2 Å². The van der Waals surface area contributed by atoms with E-state index in [-0.39, 0.29) is 6.61 Å². The van der Waals surface area contributed by atoms with E-state index in [1.165, 1.54) is 12.3 Å². The highest BCUT2D eigenvalue weighted by Crippen LogP contribution is 2.44. The molecular formula is C28H26F3NO3. The molecule has 1 aromatic heterocycles. The number of nitrogens with zero attached hydrogens (tertiary/aromatic N) is 1. The summed E-state index contributed by atoms with van der Waals surface area (Å²) in [5.41, 5.74) is 3.53. The number of aryl methyl sites for hydroxylation is 1. The molecule has 0 saturated heterocycles. The summed E-state index contributed by atoms with van der Waals surface area (Å²) in [6, 6.07) is 17.0. The molecule has 1 aliphatic carbocycles. The average molecular weight is 482 g/mol.